The number of fused-ring (bicyclic) bond motifs is 1. The summed E-state index contributed by atoms with van der Waals surface area (Å²) in [6.07, 6.45) is 1.99. The minimum absolute atomic E-state index is 0.162. The van der Waals surface area contributed by atoms with Crippen molar-refractivity contribution in [3.8, 4) is 5.69 Å². The quantitative estimate of drug-likeness (QED) is 0.332. The van der Waals surface area contributed by atoms with Crippen molar-refractivity contribution in [2.45, 2.75) is 40.0 Å². The lowest BCUT2D eigenvalue weighted by Crippen LogP contribution is -2.11. The molecule has 0 aliphatic carbocycles. The molecule has 0 N–H and O–H groups in total. The van der Waals surface area contributed by atoms with Gasteiger partial charge in [0.15, 0.2) is 0 Å². The summed E-state index contributed by atoms with van der Waals surface area (Å²) in [6.45, 7) is 11.1. The van der Waals surface area contributed by atoms with Crippen LogP contribution in [0.4, 0.5) is 5.69 Å². The van der Waals surface area contributed by atoms with E-state index in [1.807, 2.05) is 6.21 Å². The lowest BCUT2D eigenvalue weighted by atomic mass is 9.87. The minimum Gasteiger partial charge on any atom is -0.318 e. The zero-order chi connectivity index (χ0) is 20.6. The monoisotopic (exact) mass is 380 g/mol. The second-order valence-electron chi connectivity index (χ2n) is 8.72. The van der Waals surface area contributed by atoms with Crippen LogP contribution >= 0.6 is 0 Å². The third-order valence-corrected chi connectivity index (χ3v) is 5.57. The molecule has 0 aliphatic heterocycles. The van der Waals surface area contributed by atoms with Gasteiger partial charge in [-0.3, -0.25) is 4.99 Å². The molecule has 0 spiro atoms. The molecule has 0 saturated heterocycles. The Morgan fingerprint density at radius 3 is 2.24 bits per heavy atom. The summed E-state index contributed by atoms with van der Waals surface area (Å²) in [6, 6.07) is 25.8. The van der Waals surface area contributed by atoms with Crippen LogP contribution in [0.5, 0.6) is 0 Å². The van der Waals surface area contributed by atoms with Crippen molar-refractivity contribution in [1.82, 2.24) is 4.57 Å². The first-order valence-electron chi connectivity index (χ1n) is 10.2. The van der Waals surface area contributed by atoms with E-state index in [0.29, 0.717) is 0 Å². The summed E-state index contributed by atoms with van der Waals surface area (Å²) in [5.41, 5.74) is 7.27. The van der Waals surface area contributed by atoms with E-state index in [9.17, 15) is 0 Å². The van der Waals surface area contributed by atoms with Crippen molar-refractivity contribution in [1.29, 1.82) is 0 Å². The van der Waals surface area contributed by atoms with E-state index in [2.05, 4.69) is 112 Å². The van der Waals surface area contributed by atoms with Gasteiger partial charge in [0.2, 0.25) is 0 Å². The van der Waals surface area contributed by atoms with E-state index in [-0.39, 0.29) is 5.41 Å². The molecule has 4 aromatic rings. The summed E-state index contributed by atoms with van der Waals surface area (Å²) in [5.74, 6) is 0. The zero-order valence-corrected chi connectivity index (χ0v) is 17.9. The molecule has 4 rings (SSSR count). The highest BCUT2D eigenvalue weighted by atomic mass is 15.0. The van der Waals surface area contributed by atoms with Crippen molar-refractivity contribution >= 4 is 22.7 Å². The lowest BCUT2D eigenvalue weighted by molar-refractivity contribution is 0.590. The standard InChI is InChI=1S/C27H28N2/c1-19-17-22(18-28-26-12-8-10-21-9-6-7-11-25(21)26)20(2)29(19)24-15-13-23(14-16-24)27(3,4)5/h6-18H,1-5H3. The highest BCUT2D eigenvalue weighted by molar-refractivity contribution is 5.95. The smallest absolute Gasteiger partial charge is 0.0708 e. The fourth-order valence-electron chi connectivity index (χ4n) is 3.89. The van der Waals surface area contributed by atoms with Gasteiger partial charge in [0.05, 0.1) is 5.69 Å². The summed E-state index contributed by atoms with van der Waals surface area (Å²) >= 11 is 0. The maximum absolute atomic E-state index is 4.82. The Balaban J connectivity index is 1.69. The van der Waals surface area contributed by atoms with E-state index >= 15 is 0 Å². The molecule has 146 valence electrons. The predicted octanol–water partition coefficient (Wildman–Crippen LogP) is 7.30. The molecule has 0 atom stereocenters. The Labute approximate surface area is 173 Å². The van der Waals surface area contributed by atoms with Crippen molar-refractivity contribution in [3.05, 3.63) is 95.3 Å². The molecular formula is C27H28N2. The molecule has 0 saturated carbocycles. The Kier molecular flexibility index (Phi) is 4.87. The molecule has 1 heterocycles. The number of aliphatic imine (C=N–C) groups is 1. The normalized spacial score (nSPS) is 12.2. The number of nitrogens with zero attached hydrogens (tertiary/aromatic N) is 2. The van der Waals surface area contributed by atoms with Crippen LogP contribution in [0.2, 0.25) is 0 Å². The maximum Gasteiger partial charge on any atom is 0.0708 e. The molecule has 2 nitrogen and oxygen atoms in total. The second kappa shape index (κ2) is 7.36. The van der Waals surface area contributed by atoms with Gasteiger partial charge in [0.1, 0.15) is 0 Å². The highest BCUT2D eigenvalue weighted by Gasteiger charge is 2.14. The van der Waals surface area contributed by atoms with Crippen molar-refractivity contribution in [2.24, 2.45) is 4.99 Å². The molecule has 1 aromatic heterocycles. The first kappa shape index (κ1) is 19.2. The van der Waals surface area contributed by atoms with Gasteiger partial charge < -0.3 is 4.57 Å². The molecular weight excluding hydrogens is 352 g/mol. The third kappa shape index (κ3) is 3.75. The highest BCUT2D eigenvalue weighted by Crippen LogP contribution is 2.27. The van der Waals surface area contributed by atoms with Crippen LogP contribution in [0.25, 0.3) is 16.5 Å². The van der Waals surface area contributed by atoms with Gasteiger partial charge in [-0.15, -0.1) is 0 Å². The molecule has 0 fully saturated rings. The van der Waals surface area contributed by atoms with E-state index in [0.717, 1.165) is 11.3 Å². The van der Waals surface area contributed by atoms with Crippen LogP contribution in [0.15, 0.2) is 77.8 Å². The summed E-state index contributed by atoms with van der Waals surface area (Å²) in [4.78, 5) is 4.82. The molecule has 2 heteroatoms. The minimum atomic E-state index is 0.162. The predicted molar refractivity (Wildman–Crippen MR) is 125 cm³/mol. The Bertz CT molecular complexity index is 1180. The Morgan fingerprint density at radius 2 is 1.52 bits per heavy atom. The number of aromatic nitrogens is 1. The van der Waals surface area contributed by atoms with E-state index in [1.165, 1.54) is 33.4 Å². The summed E-state index contributed by atoms with van der Waals surface area (Å²) < 4.78 is 2.30. The molecule has 0 radical (unpaired) electrons. The van der Waals surface area contributed by atoms with E-state index < -0.39 is 0 Å². The van der Waals surface area contributed by atoms with Gasteiger partial charge >= 0.3 is 0 Å². The molecule has 0 bridgehead atoms. The first-order chi connectivity index (χ1) is 13.8. The molecule has 0 amide bonds. The van der Waals surface area contributed by atoms with Gasteiger partial charge in [-0.1, -0.05) is 69.3 Å². The average Bonchev–Trinajstić information content (AvgIpc) is 2.99. The first-order valence-corrected chi connectivity index (χ1v) is 10.2. The number of hydrogen-bond donors (Lipinski definition) is 0. The van der Waals surface area contributed by atoms with E-state index in [4.69, 9.17) is 4.99 Å². The molecule has 0 unspecified atom stereocenters. The maximum atomic E-state index is 4.82. The number of hydrogen-bond acceptors (Lipinski definition) is 1. The topological polar surface area (TPSA) is 17.3 Å². The van der Waals surface area contributed by atoms with Crippen LogP contribution in [0.1, 0.15) is 43.3 Å². The summed E-state index contributed by atoms with van der Waals surface area (Å²) in [7, 11) is 0. The third-order valence-electron chi connectivity index (χ3n) is 5.57. The number of rotatable bonds is 3. The van der Waals surface area contributed by atoms with Gasteiger partial charge in [0, 0.05) is 34.2 Å². The Hall–Kier alpha value is -3.13. The summed E-state index contributed by atoms with van der Waals surface area (Å²) in [5, 5.41) is 2.39. The van der Waals surface area contributed by atoms with Crippen LogP contribution < -0.4 is 0 Å². The van der Waals surface area contributed by atoms with Gasteiger partial charge in [-0.2, -0.15) is 0 Å². The van der Waals surface area contributed by atoms with Gasteiger partial charge in [-0.05, 0) is 54.5 Å². The second-order valence-corrected chi connectivity index (χ2v) is 8.72. The molecule has 29 heavy (non-hydrogen) atoms. The molecule has 3 aromatic carbocycles. The number of aryl methyl sites for hydroxylation is 1. The van der Waals surface area contributed by atoms with Crippen LogP contribution in [-0.2, 0) is 5.41 Å². The lowest BCUT2D eigenvalue weighted by Gasteiger charge is -2.20. The van der Waals surface area contributed by atoms with Crippen LogP contribution in [0.3, 0.4) is 0 Å². The Morgan fingerprint density at radius 1 is 0.828 bits per heavy atom. The zero-order valence-electron chi connectivity index (χ0n) is 17.9. The van der Waals surface area contributed by atoms with Crippen LogP contribution in [-0.4, -0.2) is 10.8 Å². The van der Waals surface area contributed by atoms with Crippen molar-refractivity contribution < 1.29 is 0 Å². The van der Waals surface area contributed by atoms with Crippen molar-refractivity contribution in [3.63, 3.8) is 0 Å². The van der Waals surface area contributed by atoms with E-state index in [1.54, 1.807) is 0 Å². The number of benzene rings is 3. The molecule has 0 aliphatic rings. The largest absolute Gasteiger partial charge is 0.318 e. The fraction of sp³-hybridized carbons (Fsp3) is 0.222. The van der Waals surface area contributed by atoms with Gasteiger partial charge in [-0.25, -0.2) is 0 Å². The van der Waals surface area contributed by atoms with Crippen molar-refractivity contribution in [2.75, 3.05) is 0 Å². The van der Waals surface area contributed by atoms with Gasteiger partial charge in [0.25, 0.3) is 0 Å². The van der Waals surface area contributed by atoms with Crippen LogP contribution in [0, 0.1) is 13.8 Å². The fourth-order valence-corrected chi connectivity index (χ4v) is 3.89. The SMILES string of the molecule is Cc1cc(C=Nc2cccc3ccccc23)c(C)n1-c1ccc(C(C)(C)C)cc1. The average molecular weight is 381 g/mol.